The van der Waals surface area contributed by atoms with Gasteiger partial charge in [-0.15, -0.1) is 0 Å². The van der Waals surface area contributed by atoms with Crippen LogP contribution in [0.25, 0.3) is 10.9 Å². The van der Waals surface area contributed by atoms with Crippen LogP contribution >= 0.6 is 0 Å². The van der Waals surface area contributed by atoms with E-state index in [4.69, 9.17) is 0 Å². The van der Waals surface area contributed by atoms with Gasteiger partial charge in [0, 0.05) is 56.4 Å². The third kappa shape index (κ3) is 3.98. The Balaban J connectivity index is 1.22. The molecule has 2 fully saturated rings. The number of piperazine rings is 1. The van der Waals surface area contributed by atoms with E-state index in [0.29, 0.717) is 45.0 Å². The Morgan fingerprint density at radius 2 is 1.66 bits per heavy atom. The highest BCUT2D eigenvalue weighted by atomic mass is 32.2. The monoisotopic (exact) mass is 453 g/mol. The van der Waals surface area contributed by atoms with Crippen molar-refractivity contribution in [2.24, 2.45) is 0 Å². The van der Waals surface area contributed by atoms with E-state index in [1.165, 1.54) is 6.20 Å². The Labute approximate surface area is 187 Å². The van der Waals surface area contributed by atoms with E-state index in [-0.39, 0.29) is 10.8 Å². The molecule has 5 rings (SSSR count). The van der Waals surface area contributed by atoms with E-state index in [1.807, 2.05) is 35.2 Å². The van der Waals surface area contributed by atoms with Crippen molar-refractivity contribution in [3.05, 3.63) is 54.4 Å². The summed E-state index contributed by atoms with van der Waals surface area (Å²) in [6.45, 7) is 3.63. The van der Waals surface area contributed by atoms with Crippen LogP contribution in [0.5, 0.6) is 0 Å². The average Bonchev–Trinajstić information content (AvgIpc) is 3.29. The fourth-order valence-electron chi connectivity index (χ4n) is 4.46. The first-order valence-corrected chi connectivity index (χ1v) is 12.5. The number of nitrogens with zero attached hydrogens (tertiary/aromatic N) is 4. The number of carbonyl (C=O) groups is 1. The number of nitrogens with one attached hydrogen (secondary N) is 1. The Morgan fingerprint density at radius 3 is 2.34 bits per heavy atom. The largest absolute Gasteiger partial charge is 0.353 e. The highest BCUT2D eigenvalue weighted by Gasteiger charge is 2.27. The molecule has 1 aromatic carbocycles. The van der Waals surface area contributed by atoms with Crippen LogP contribution in [0.3, 0.4) is 0 Å². The van der Waals surface area contributed by atoms with Crippen LogP contribution in [-0.4, -0.2) is 72.8 Å². The van der Waals surface area contributed by atoms with Crippen LogP contribution < -0.4 is 4.90 Å². The van der Waals surface area contributed by atoms with Crippen LogP contribution in [0.15, 0.2) is 53.6 Å². The van der Waals surface area contributed by atoms with E-state index < -0.39 is 10.0 Å². The van der Waals surface area contributed by atoms with E-state index in [0.717, 1.165) is 36.0 Å². The topological polar surface area (TPSA) is 89.6 Å². The molecular weight excluding hydrogens is 426 g/mol. The lowest BCUT2D eigenvalue weighted by atomic mass is 10.2. The molecule has 9 heteroatoms. The number of pyridine rings is 1. The molecule has 8 nitrogen and oxygen atoms in total. The zero-order chi connectivity index (χ0) is 22.1. The van der Waals surface area contributed by atoms with Crippen molar-refractivity contribution < 1.29 is 13.2 Å². The number of aromatic nitrogens is 2. The van der Waals surface area contributed by atoms with E-state index in [1.54, 1.807) is 16.4 Å². The molecule has 0 aliphatic carbocycles. The van der Waals surface area contributed by atoms with Crippen molar-refractivity contribution in [2.45, 2.75) is 24.2 Å². The maximum absolute atomic E-state index is 12.9. The predicted octanol–water partition coefficient (Wildman–Crippen LogP) is 2.70. The molecule has 2 saturated heterocycles. The van der Waals surface area contributed by atoms with Crippen molar-refractivity contribution in [3.63, 3.8) is 0 Å². The van der Waals surface area contributed by atoms with Gasteiger partial charge in [-0.2, -0.15) is 4.31 Å². The van der Waals surface area contributed by atoms with Gasteiger partial charge < -0.3 is 14.8 Å². The molecule has 4 heterocycles. The van der Waals surface area contributed by atoms with Gasteiger partial charge >= 0.3 is 0 Å². The summed E-state index contributed by atoms with van der Waals surface area (Å²) in [7, 11) is -3.48. The summed E-state index contributed by atoms with van der Waals surface area (Å²) in [6.07, 6.45) is 4.36. The molecule has 3 aromatic rings. The minimum absolute atomic E-state index is 0.00298. The average molecular weight is 454 g/mol. The van der Waals surface area contributed by atoms with Crippen LogP contribution in [-0.2, 0) is 10.0 Å². The molecule has 0 radical (unpaired) electrons. The molecule has 0 unspecified atom stereocenters. The Kier molecular flexibility index (Phi) is 5.60. The summed E-state index contributed by atoms with van der Waals surface area (Å²) in [5, 5.41) is 1.03. The summed E-state index contributed by atoms with van der Waals surface area (Å²) < 4.78 is 27.2. The normalized spacial score (nSPS) is 18.2. The Bertz CT molecular complexity index is 1170. The predicted molar refractivity (Wildman–Crippen MR) is 123 cm³/mol. The molecule has 0 spiro atoms. The second-order valence-corrected chi connectivity index (χ2v) is 10.3. The molecule has 0 bridgehead atoms. The number of fused-ring (bicyclic) bond motifs is 1. The lowest BCUT2D eigenvalue weighted by Crippen LogP contribution is -2.49. The molecule has 1 N–H and O–H groups in total. The number of piperidine rings is 1. The highest BCUT2D eigenvalue weighted by Crippen LogP contribution is 2.23. The van der Waals surface area contributed by atoms with Crippen LogP contribution in [0.2, 0.25) is 0 Å². The molecule has 2 aliphatic heterocycles. The second-order valence-electron chi connectivity index (χ2n) is 8.37. The van der Waals surface area contributed by atoms with Crippen LogP contribution in [0, 0.1) is 0 Å². The fourth-order valence-corrected chi connectivity index (χ4v) is 5.93. The number of rotatable bonds is 4. The number of anilines is 1. The SMILES string of the molecule is O=C(c1cc2ccccc2[nH]1)N1CCN(c2ccc(S(=O)(=O)N3CCCCC3)cn2)CC1. The summed E-state index contributed by atoms with van der Waals surface area (Å²) in [5.74, 6) is 0.733. The second kappa shape index (κ2) is 8.55. The van der Waals surface area contributed by atoms with Crippen LogP contribution in [0.4, 0.5) is 5.82 Å². The van der Waals surface area contributed by atoms with Crippen molar-refractivity contribution >= 4 is 32.7 Å². The lowest BCUT2D eigenvalue weighted by molar-refractivity contribution is 0.0741. The van der Waals surface area contributed by atoms with Crippen molar-refractivity contribution in [3.8, 4) is 0 Å². The van der Waals surface area contributed by atoms with Gasteiger partial charge in [0.1, 0.15) is 16.4 Å². The van der Waals surface area contributed by atoms with Gasteiger partial charge in [-0.3, -0.25) is 4.79 Å². The number of para-hydroxylation sites is 1. The van der Waals surface area contributed by atoms with Gasteiger partial charge in [0.25, 0.3) is 5.91 Å². The molecule has 1 amide bonds. The highest BCUT2D eigenvalue weighted by molar-refractivity contribution is 7.89. The number of amides is 1. The number of sulfonamides is 1. The summed E-state index contributed by atoms with van der Waals surface area (Å²) in [6, 6.07) is 13.2. The van der Waals surface area contributed by atoms with E-state index >= 15 is 0 Å². The third-order valence-electron chi connectivity index (χ3n) is 6.32. The fraction of sp³-hybridized carbons (Fsp3) is 0.391. The maximum atomic E-state index is 12.9. The van der Waals surface area contributed by atoms with E-state index in [9.17, 15) is 13.2 Å². The number of H-pyrrole nitrogens is 1. The number of benzene rings is 1. The van der Waals surface area contributed by atoms with Gasteiger partial charge in [0.15, 0.2) is 0 Å². The molecular formula is C23H27N5O3S. The zero-order valence-corrected chi connectivity index (χ0v) is 18.7. The van der Waals surface area contributed by atoms with Crippen molar-refractivity contribution in [1.29, 1.82) is 0 Å². The smallest absolute Gasteiger partial charge is 0.270 e. The Hall–Kier alpha value is -2.91. The summed E-state index contributed by atoms with van der Waals surface area (Å²) in [4.78, 5) is 24.7. The molecule has 2 aromatic heterocycles. The minimum Gasteiger partial charge on any atom is -0.353 e. The first-order valence-electron chi connectivity index (χ1n) is 11.1. The van der Waals surface area contributed by atoms with Gasteiger partial charge in [0.05, 0.1) is 0 Å². The quantitative estimate of drug-likeness (QED) is 0.656. The number of hydrogen-bond acceptors (Lipinski definition) is 5. The molecule has 168 valence electrons. The third-order valence-corrected chi connectivity index (χ3v) is 8.21. The number of carbonyl (C=O) groups excluding carboxylic acids is 1. The first kappa shape index (κ1) is 21.0. The first-order chi connectivity index (χ1) is 15.5. The Morgan fingerprint density at radius 1 is 0.906 bits per heavy atom. The number of aromatic amines is 1. The summed E-state index contributed by atoms with van der Waals surface area (Å²) in [5.41, 5.74) is 1.56. The zero-order valence-electron chi connectivity index (χ0n) is 17.9. The molecule has 0 atom stereocenters. The van der Waals surface area contributed by atoms with Gasteiger partial charge in [-0.25, -0.2) is 13.4 Å². The molecule has 32 heavy (non-hydrogen) atoms. The van der Waals surface area contributed by atoms with Crippen molar-refractivity contribution in [2.75, 3.05) is 44.2 Å². The van der Waals surface area contributed by atoms with Crippen LogP contribution in [0.1, 0.15) is 29.8 Å². The van der Waals surface area contributed by atoms with E-state index in [2.05, 4.69) is 14.9 Å². The van der Waals surface area contributed by atoms with Gasteiger partial charge in [-0.05, 0) is 37.1 Å². The number of hydrogen-bond donors (Lipinski definition) is 1. The van der Waals surface area contributed by atoms with Gasteiger partial charge in [-0.1, -0.05) is 24.6 Å². The minimum atomic E-state index is -3.48. The molecule has 2 aliphatic rings. The summed E-state index contributed by atoms with van der Waals surface area (Å²) >= 11 is 0. The van der Waals surface area contributed by atoms with Crippen molar-refractivity contribution in [1.82, 2.24) is 19.2 Å². The maximum Gasteiger partial charge on any atom is 0.270 e. The standard InChI is InChI=1S/C23H27N5O3S/c29-23(21-16-18-6-2-3-7-20(18)25-21)27-14-12-26(13-15-27)22-9-8-19(17-24-22)32(30,31)28-10-4-1-5-11-28/h2-3,6-9,16-17,25H,1,4-5,10-15H2. The van der Waals surface area contributed by atoms with Gasteiger partial charge in [0.2, 0.25) is 10.0 Å². The lowest BCUT2D eigenvalue weighted by Gasteiger charge is -2.35. The molecule has 0 saturated carbocycles.